The smallest absolute Gasteiger partial charge is 0.220 e. The molecule has 0 bridgehead atoms. The molecule has 0 aromatic carbocycles. The molecule has 0 aromatic rings. The Morgan fingerprint density at radius 3 is 2.19 bits per heavy atom. The second-order valence-corrected chi connectivity index (χ2v) is 6.24. The number of rotatable bonds is 7. The van der Waals surface area contributed by atoms with Crippen molar-refractivity contribution in [3.05, 3.63) is 0 Å². The van der Waals surface area contributed by atoms with Crippen molar-refractivity contribution in [2.75, 3.05) is 13.1 Å². The molecular weight excluding hydrogens is 200 g/mol. The second-order valence-electron chi connectivity index (χ2n) is 6.24. The highest BCUT2D eigenvalue weighted by Gasteiger charge is 2.22. The molecule has 0 saturated carbocycles. The zero-order chi connectivity index (χ0) is 12.8. The third kappa shape index (κ3) is 6.83. The summed E-state index contributed by atoms with van der Waals surface area (Å²) in [4.78, 5) is 11.7. The summed E-state index contributed by atoms with van der Waals surface area (Å²) in [6.45, 7) is 11.9. The van der Waals surface area contributed by atoms with Crippen molar-refractivity contribution in [2.45, 2.75) is 53.9 Å². The van der Waals surface area contributed by atoms with Crippen LogP contribution >= 0.6 is 0 Å². The quantitative estimate of drug-likeness (QED) is 0.702. The molecule has 1 amide bonds. The lowest BCUT2D eigenvalue weighted by atomic mass is 9.87. The Bertz CT molecular complexity index is 222. The maximum Gasteiger partial charge on any atom is 0.220 e. The molecule has 0 heterocycles. The molecule has 0 aliphatic rings. The molecule has 16 heavy (non-hydrogen) atoms. The van der Waals surface area contributed by atoms with Crippen molar-refractivity contribution in [2.24, 2.45) is 16.6 Å². The van der Waals surface area contributed by atoms with E-state index in [4.69, 9.17) is 5.73 Å². The number of carbonyl (C=O) groups excluding carboxylic acids is 1. The Balaban J connectivity index is 3.99. The van der Waals surface area contributed by atoms with Gasteiger partial charge in [-0.15, -0.1) is 0 Å². The van der Waals surface area contributed by atoms with Crippen LogP contribution in [0.2, 0.25) is 0 Å². The van der Waals surface area contributed by atoms with E-state index in [1.54, 1.807) is 0 Å². The molecule has 0 spiro atoms. The first-order chi connectivity index (χ1) is 7.22. The van der Waals surface area contributed by atoms with Gasteiger partial charge in [-0.25, -0.2) is 0 Å². The highest BCUT2D eigenvalue weighted by molar-refractivity contribution is 5.76. The summed E-state index contributed by atoms with van der Waals surface area (Å²) >= 11 is 0. The van der Waals surface area contributed by atoms with Crippen molar-refractivity contribution in [1.29, 1.82) is 0 Å². The lowest BCUT2D eigenvalue weighted by molar-refractivity contribution is -0.123. The monoisotopic (exact) mass is 228 g/mol. The number of amides is 1. The molecule has 0 aromatic heterocycles. The Morgan fingerprint density at radius 2 is 1.75 bits per heavy atom. The molecule has 0 fully saturated rings. The van der Waals surface area contributed by atoms with Crippen LogP contribution in [-0.4, -0.2) is 19.0 Å². The topological polar surface area (TPSA) is 55.1 Å². The van der Waals surface area contributed by atoms with E-state index < -0.39 is 0 Å². The normalized spacial score (nSPS) is 12.6. The molecule has 0 unspecified atom stereocenters. The zero-order valence-corrected chi connectivity index (χ0v) is 11.5. The van der Waals surface area contributed by atoms with Gasteiger partial charge in [0.2, 0.25) is 5.91 Å². The molecule has 0 atom stereocenters. The van der Waals surface area contributed by atoms with Gasteiger partial charge in [-0.1, -0.05) is 41.0 Å². The van der Waals surface area contributed by atoms with Crippen LogP contribution < -0.4 is 11.1 Å². The third-order valence-electron chi connectivity index (χ3n) is 2.88. The Labute approximate surface area is 100 Å². The van der Waals surface area contributed by atoms with E-state index in [0.717, 1.165) is 19.4 Å². The average Bonchev–Trinajstić information content (AvgIpc) is 2.14. The molecule has 0 saturated heterocycles. The van der Waals surface area contributed by atoms with E-state index in [0.29, 0.717) is 13.0 Å². The van der Waals surface area contributed by atoms with Crippen LogP contribution in [0.3, 0.4) is 0 Å². The second kappa shape index (κ2) is 6.24. The number of nitrogens with one attached hydrogen (secondary N) is 1. The summed E-state index contributed by atoms with van der Waals surface area (Å²) in [6.07, 6.45) is 2.79. The summed E-state index contributed by atoms with van der Waals surface area (Å²) in [6, 6.07) is 0. The molecule has 3 N–H and O–H groups in total. The molecule has 96 valence electrons. The van der Waals surface area contributed by atoms with Crippen LogP contribution in [0.4, 0.5) is 0 Å². The van der Waals surface area contributed by atoms with Gasteiger partial charge >= 0.3 is 0 Å². The summed E-state index contributed by atoms with van der Waals surface area (Å²) in [5, 5.41) is 3.00. The molecule has 0 rings (SSSR count). The van der Waals surface area contributed by atoms with Gasteiger partial charge in [0.1, 0.15) is 0 Å². The Kier molecular flexibility index (Phi) is 6.01. The molecular formula is C13H28N2O. The van der Waals surface area contributed by atoms with Crippen molar-refractivity contribution < 1.29 is 4.79 Å². The summed E-state index contributed by atoms with van der Waals surface area (Å²) in [5.74, 6) is 0.111. The molecule has 0 radical (unpaired) electrons. The van der Waals surface area contributed by atoms with Gasteiger partial charge in [0.05, 0.1) is 0 Å². The number of hydrogen-bond acceptors (Lipinski definition) is 2. The predicted molar refractivity (Wildman–Crippen MR) is 69.2 cm³/mol. The van der Waals surface area contributed by atoms with Crippen LogP contribution in [0.25, 0.3) is 0 Å². The molecule has 3 nitrogen and oxygen atoms in total. The van der Waals surface area contributed by atoms with E-state index >= 15 is 0 Å². The van der Waals surface area contributed by atoms with E-state index in [-0.39, 0.29) is 16.7 Å². The van der Waals surface area contributed by atoms with Crippen molar-refractivity contribution >= 4 is 5.91 Å². The van der Waals surface area contributed by atoms with Crippen molar-refractivity contribution in [3.63, 3.8) is 0 Å². The van der Waals surface area contributed by atoms with Gasteiger partial charge in [-0.2, -0.15) is 0 Å². The first-order valence-corrected chi connectivity index (χ1v) is 6.19. The molecule has 0 aliphatic heterocycles. The fourth-order valence-corrected chi connectivity index (χ4v) is 1.67. The van der Waals surface area contributed by atoms with Crippen molar-refractivity contribution in [3.8, 4) is 0 Å². The molecule has 3 heteroatoms. The van der Waals surface area contributed by atoms with Crippen molar-refractivity contribution in [1.82, 2.24) is 5.32 Å². The predicted octanol–water partition coefficient (Wildman–Crippen LogP) is 2.30. The minimum absolute atomic E-state index is 0.0982. The van der Waals surface area contributed by atoms with Gasteiger partial charge in [0.15, 0.2) is 0 Å². The van der Waals surface area contributed by atoms with Crippen LogP contribution in [0, 0.1) is 10.8 Å². The maximum absolute atomic E-state index is 11.7. The van der Waals surface area contributed by atoms with Crippen LogP contribution in [0.1, 0.15) is 53.9 Å². The van der Waals surface area contributed by atoms with E-state index in [1.807, 2.05) is 13.8 Å². The highest BCUT2D eigenvalue weighted by atomic mass is 16.1. The van der Waals surface area contributed by atoms with Gasteiger partial charge in [0, 0.05) is 13.0 Å². The Morgan fingerprint density at radius 1 is 1.19 bits per heavy atom. The lowest BCUT2D eigenvalue weighted by Crippen LogP contribution is -2.37. The van der Waals surface area contributed by atoms with E-state index in [2.05, 4.69) is 26.1 Å². The maximum atomic E-state index is 11.7. The van der Waals surface area contributed by atoms with Gasteiger partial charge in [0.25, 0.3) is 0 Å². The minimum Gasteiger partial charge on any atom is -0.356 e. The number of nitrogens with two attached hydrogens (primary N) is 1. The largest absolute Gasteiger partial charge is 0.356 e. The SMILES string of the molecule is CCCC(C)(C)CNC(=O)CC(C)(C)CN. The average molecular weight is 228 g/mol. The standard InChI is InChI=1S/C13H28N2O/c1-6-7-12(2,3)10-15-11(16)8-13(4,5)9-14/h6-10,14H2,1-5H3,(H,15,16). The van der Waals surface area contributed by atoms with Crippen LogP contribution in [0.5, 0.6) is 0 Å². The summed E-state index contributed by atoms with van der Waals surface area (Å²) in [7, 11) is 0. The van der Waals surface area contributed by atoms with Gasteiger partial charge < -0.3 is 11.1 Å². The first-order valence-electron chi connectivity index (χ1n) is 6.19. The van der Waals surface area contributed by atoms with E-state index in [1.165, 1.54) is 0 Å². The minimum atomic E-state index is -0.0982. The van der Waals surface area contributed by atoms with Gasteiger partial charge in [-0.05, 0) is 23.8 Å². The number of carbonyl (C=O) groups is 1. The fourth-order valence-electron chi connectivity index (χ4n) is 1.67. The lowest BCUT2D eigenvalue weighted by Gasteiger charge is -2.26. The zero-order valence-electron chi connectivity index (χ0n) is 11.5. The van der Waals surface area contributed by atoms with E-state index in [9.17, 15) is 4.79 Å². The van der Waals surface area contributed by atoms with Crippen LogP contribution in [0.15, 0.2) is 0 Å². The van der Waals surface area contributed by atoms with Gasteiger partial charge in [-0.3, -0.25) is 4.79 Å². The summed E-state index contributed by atoms with van der Waals surface area (Å²) < 4.78 is 0. The Hall–Kier alpha value is -0.570. The van der Waals surface area contributed by atoms with Crippen LogP contribution in [-0.2, 0) is 4.79 Å². The number of hydrogen-bond donors (Lipinski definition) is 2. The third-order valence-corrected chi connectivity index (χ3v) is 2.88. The molecule has 0 aliphatic carbocycles. The first kappa shape index (κ1) is 15.4. The fraction of sp³-hybridized carbons (Fsp3) is 0.923. The summed E-state index contributed by atoms with van der Waals surface area (Å²) in [5.41, 5.74) is 5.70. The highest BCUT2D eigenvalue weighted by Crippen LogP contribution is 2.22.